The van der Waals surface area contributed by atoms with E-state index in [1.165, 1.54) is 0 Å². The van der Waals surface area contributed by atoms with Crippen molar-refractivity contribution in [2.24, 2.45) is 4.99 Å². The van der Waals surface area contributed by atoms with Gasteiger partial charge in [0.25, 0.3) is 0 Å². The van der Waals surface area contributed by atoms with Gasteiger partial charge in [0.15, 0.2) is 17.5 Å². The molecule has 162 valence electrons. The molecule has 2 aliphatic heterocycles. The second-order valence-electron chi connectivity index (χ2n) is 7.00. The average molecular weight is 408 g/mol. The summed E-state index contributed by atoms with van der Waals surface area (Å²) in [5.74, 6) is 3.20. The van der Waals surface area contributed by atoms with E-state index in [0.29, 0.717) is 19.3 Å². The molecule has 3 rings (SSSR count). The zero-order valence-electron chi connectivity index (χ0n) is 17.5. The highest BCUT2D eigenvalue weighted by Gasteiger charge is 2.21. The smallest absolute Gasteiger partial charge is 0.231 e. The first-order valence-electron chi connectivity index (χ1n) is 10.5. The van der Waals surface area contributed by atoms with Crippen molar-refractivity contribution in [3.05, 3.63) is 18.2 Å². The number of fused-ring (bicyclic) bond motifs is 1. The molecule has 0 atom stereocenters. The first kappa shape index (κ1) is 21.5. The normalized spacial score (nSPS) is 16.9. The summed E-state index contributed by atoms with van der Waals surface area (Å²) in [6.07, 6.45) is 3.32. The Labute approximate surface area is 173 Å². The summed E-state index contributed by atoms with van der Waals surface area (Å²) in [6.45, 7) is 7.71. The zero-order chi connectivity index (χ0) is 20.3. The maximum absolute atomic E-state index is 5.95. The molecule has 1 N–H and O–H groups in total. The maximum Gasteiger partial charge on any atom is 0.231 e. The average Bonchev–Trinajstić information content (AvgIpc) is 3.22. The number of hydrogen-bond donors (Lipinski definition) is 1. The zero-order valence-corrected chi connectivity index (χ0v) is 17.5. The summed E-state index contributed by atoms with van der Waals surface area (Å²) in [5.41, 5.74) is 0. The summed E-state index contributed by atoms with van der Waals surface area (Å²) in [7, 11) is 1.72. The van der Waals surface area contributed by atoms with Crippen molar-refractivity contribution in [3.8, 4) is 17.2 Å². The molecule has 0 aliphatic carbocycles. The molecule has 1 saturated heterocycles. The Bertz CT molecular complexity index is 647. The Kier molecular flexibility index (Phi) is 8.70. The molecule has 0 amide bonds. The number of piperidine rings is 1. The third-order valence-electron chi connectivity index (χ3n) is 4.89. The van der Waals surface area contributed by atoms with Crippen LogP contribution in [0.5, 0.6) is 17.2 Å². The highest BCUT2D eigenvalue weighted by atomic mass is 16.7. The molecule has 0 spiro atoms. The van der Waals surface area contributed by atoms with Crippen molar-refractivity contribution in [1.29, 1.82) is 0 Å². The molecule has 0 saturated carbocycles. The molecule has 1 fully saturated rings. The largest absolute Gasteiger partial charge is 0.492 e. The standard InChI is InChI=1S/C21H33N3O5/c1-3-22-21(24-10-7-17(8-11-24)26-13-4-12-25-2)23-9-14-27-18-5-6-19-20(15-18)29-16-28-19/h5-6,15,17H,3-4,7-14,16H2,1-2H3,(H,22,23). The summed E-state index contributed by atoms with van der Waals surface area (Å²) >= 11 is 0. The van der Waals surface area contributed by atoms with E-state index in [0.717, 1.165) is 75.3 Å². The molecule has 0 radical (unpaired) electrons. The van der Waals surface area contributed by atoms with Crippen LogP contribution in [0.1, 0.15) is 26.2 Å². The highest BCUT2D eigenvalue weighted by molar-refractivity contribution is 5.80. The predicted octanol–water partition coefficient (Wildman–Crippen LogP) is 2.28. The molecule has 2 aliphatic rings. The Morgan fingerprint density at radius 2 is 2.00 bits per heavy atom. The number of guanidine groups is 1. The molecule has 0 unspecified atom stereocenters. The quantitative estimate of drug-likeness (QED) is 0.362. The van der Waals surface area contributed by atoms with Crippen LogP contribution in [0.2, 0.25) is 0 Å². The van der Waals surface area contributed by atoms with Gasteiger partial charge < -0.3 is 33.9 Å². The number of aliphatic imine (C=N–C) groups is 1. The molecule has 2 heterocycles. The van der Waals surface area contributed by atoms with E-state index in [9.17, 15) is 0 Å². The van der Waals surface area contributed by atoms with Crippen LogP contribution in [0, 0.1) is 0 Å². The van der Waals surface area contributed by atoms with Gasteiger partial charge in [-0.25, -0.2) is 4.99 Å². The number of ether oxygens (including phenoxy) is 5. The summed E-state index contributed by atoms with van der Waals surface area (Å²) < 4.78 is 27.5. The van der Waals surface area contributed by atoms with Crippen molar-refractivity contribution in [3.63, 3.8) is 0 Å². The Balaban J connectivity index is 1.40. The van der Waals surface area contributed by atoms with Crippen LogP contribution < -0.4 is 19.5 Å². The molecule has 8 heteroatoms. The van der Waals surface area contributed by atoms with Gasteiger partial charge in [-0.05, 0) is 38.3 Å². The number of likely N-dealkylation sites (tertiary alicyclic amines) is 1. The number of nitrogens with zero attached hydrogens (tertiary/aromatic N) is 2. The lowest BCUT2D eigenvalue weighted by atomic mass is 10.1. The van der Waals surface area contributed by atoms with Gasteiger partial charge in [0.1, 0.15) is 12.4 Å². The summed E-state index contributed by atoms with van der Waals surface area (Å²) in [4.78, 5) is 7.03. The fourth-order valence-electron chi connectivity index (χ4n) is 3.40. The lowest BCUT2D eigenvalue weighted by molar-refractivity contribution is 0.00989. The van der Waals surface area contributed by atoms with Crippen LogP contribution in [-0.2, 0) is 9.47 Å². The van der Waals surface area contributed by atoms with Gasteiger partial charge in [-0.1, -0.05) is 0 Å². The van der Waals surface area contributed by atoms with E-state index in [2.05, 4.69) is 17.1 Å². The minimum atomic E-state index is 0.268. The third kappa shape index (κ3) is 6.68. The van der Waals surface area contributed by atoms with Crippen molar-refractivity contribution < 1.29 is 23.7 Å². The van der Waals surface area contributed by atoms with Gasteiger partial charge in [0.05, 0.1) is 12.6 Å². The molecule has 0 aromatic heterocycles. The summed E-state index contributed by atoms with van der Waals surface area (Å²) in [6, 6.07) is 5.61. The first-order valence-corrected chi connectivity index (χ1v) is 10.5. The first-order chi connectivity index (χ1) is 14.3. The number of nitrogens with one attached hydrogen (secondary N) is 1. The van der Waals surface area contributed by atoms with E-state index in [4.69, 9.17) is 28.7 Å². The highest BCUT2D eigenvalue weighted by Crippen LogP contribution is 2.35. The SMILES string of the molecule is CCNC(=NCCOc1ccc2c(c1)OCO2)N1CCC(OCCCOC)CC1. The Morgan fingerprint density at radius 3 is 2.79 bits per heavy atom. The van der Waals surface area contributed by atoms with Crippen molar-refractivity contribution in [2.45, 2.75) is 32.3 Å². The van der Waals surface area contributed by atoms with Crippen LogP contribution >= 0.6 is 0 Å². The summed E-state index contributed by atoms with van der Waals surface area (Å²) in [5, 5.41) is 3.39. The van der Waals surface area contributed by atoms with E-state index < -0.39 is 0 Å². The van der Waals surface area contributed by atoms with E-state index >= 15 is 0 Å². The van der Waals surface area contributed by atoms with Gasteiger partial charge in [0.2, 0.25) is 6.79 Å². The molecule has 8 nitrogen and oxygen atoms in total. The van der Waals surface area contributed by atoms with Gasteiger partial charge in [0, 0.05) is 46.0 Å². The predicted molar refractivity (Wildman–Crippen MR) is 111 cm³/mol. The van der Waals surface area contributed by atoms with Crippen LogP contribution in [0.15, 0.2) is 23.2 Å². The van der Waals surface area contributed by atoms with E-state index in [1.807, 2.05) is 18.2 Å². The van der Waals surface area contributed by atoms with Crippen molar-refractivity contribution in [1.82, 2.24) is 10.2 Å². The molecule has 1 aromatic carbocycles. The second-order valence-corrected chi connectivity index (χ2v) is 7.00. The number of hydrogen-bond acceptors (Lipinski definition) is 6. The van der Waals surface area contributed by atoms with Crippen molar-refractivity contribution >= 4 is 5.96 Å². The minimum Gasteiger partial charge on any atom is -0.492 e. The Morgan fingerprint density at radius 1 is 1.17 bits per heavy atom. The number of benzene rings is 1. The van der Waals surface area contributed by atoms with Gasteiger partial charge in [-0.2, -0.15) is 0 Å². The van der Waals surface area contributed by atoms with Gasteiger partial charge in [-0.3, -0.25) is 0 Å². The molecular weight excluding hydrogens is 374 g/mol. The van der Waals surface area contributed by atoms with Crippen molar-refractivity contribution in [2.75, 3.05) is 59.9 Å². The number of methoxy groups -OCH3 is 1. The minimum absolute atomic E-state index is 0.268. The second kappa shape index (κ2) is 11.7. The Hall–Kier alpha value is -2.19. The van der Waals surface area contributed by atoms with Gasteiger partial charge >= 0.3 is 0 Å². The van der Waals surface area contributed by atoms with Crippen LogP contribution in [0.4, 0.5) is 0 Å². The van der Waals surface area contributed by atoms with E-state index in [-0.39, 0.29) is 6.79 Å². The third-order valence-corrected chi connectivity index (χ3v) is 4.89. The fourth-order valence-corrected chi connectivity index (χ4v) is 3.40. The molecule has 0 bridgehead atoms. The van der Waals surface area contributed by atoms with Crippen LogP contribution in [0.25, 0.3) is 0 Å². The van der Waals surface area contributed by atoms with Crippen LogP contribution in [-0.4, -0.2) is 76.9 Å². The lowest BCUT2D eigenvalue weighted by Crippen LogP contribution is -2.47. The van der Waals surface area contributed by atoms with Crippen LogP contribution in [0.3, 0.4) is 0 Å². The number of rotatable bonds is 10. The maximum atomic E-state index is 5.95. The van der Waals surface area contributed by atoms with Gasteiger partial charge in [-0.15, -0.1) is 0 Å². The fraction of sp³-hybridized carbons (Fsp3) is 0.667. The topological polar surface area (TPSA) is 73.8 Å². The van der Waals surface area contributed by atoms with E-state index in [1.54, 1.807) is 7.11 Å². The lowest BCUT2D eigenvalue weighted by Gasteiger charge is -2.34. The molecule has 1 aromatic rings. The monoisotopic (exact) mass is 407 g/mol. The molecule has 29 heavy (non-hydrogen) atoms. The molecular formula is C21H33N3O5.